The molecule has 1 aromatic carbocycles. The van der Waals surface area contributed by atoms with E-state index in [9.17, 15) is 13.2 Å². The first-order chi connectivity index (χ1) is 9.94. The van der Waals surface area contributed by atoms with Gasteiger partial charge in [-0.15, -0.1) is 10.2 Å². The van der Waals surface area contributed by atoms with Crippen LogP contribution < -0.4 is 5.32 Å². The fraction of sp³-hybridized carbons (Fsp3) is 0.333. The summed E-state index contributed by atoms with van der Waals surface area (Å²) in [6, 6.07) is 4.35. The highest BCUT2D eigenvalue weighted by atomic mass is 32.2. The van der Waals surface area contributed by atoms with Gasteiger partial charge in [0.2, 0.25) is 0 Å². The van der Waals surface area contributed by atoms with E-state index in [1.165, 1.54) is 35.2 Å². The molecular weight excluding hydrogens is 339 g/mol. The van der Waals surface area contributed by atoms with Gasteiger partial charge in [0.1, 0.15) is 0 Å². The van der Waals surface area contributed by atoms with Gasteiger partial charge in [-0.25, -0.2) is 0 Å². The van der Waals surface area contributed by atoms with Crippen molar-refractivity contribution < 1.29 is 13.2 Å². The summed E-state index contributed by atoms with van der Waals surface area (Å²) in [5.74, 6) is 0. The van der Waals surface area contributed by atoms with Crippen molar-refractivity contribution >= 4 is 34.9 Å². The van der Waals surface area contributed by atoms with Crippen LogP contribution in [0, 0.1) is 0 Å². The molecule has 1 N–H and O–H groups in total. The minimum Gasteiger partial charge on any atom is -0.316 e. The Bertz CT molecular complexity index is 613. The SMILES string of the molecule is CNCc1ccc(Sc2nnc(SC)s2)c(C(F)(F)F)c1. The monoisotopic (exact) mass is 351 g/mol. The van der Waals surface area contributed by atoms with Gasteiger partial charge in [-0.1, -0.05) is 40.9 Å². The first-order valence-corrected chi connectivity index (χ1v) is 8.70. The van der Waals surface area contributed by atoms with Crippen molar-refractivity contribution in [3.8, 4) is 0 Å². The lowest BCUT2D eigenvalue weighted by Crippen LogP contribution is -2.10. The zero-order chi connectivity index (χ0) is 15.5. The summed E-state index contributed by atoms with van der Waals surface area (Å²) in [7, 11) is 1.70. The van der Waals surface area contributed by atoms with Crippen LogP contribution in [0.15, 0.2) is 31.8 Å². The Balaban J connectivity index is 2.33. The van der Waals surface area contributed by atoms with Crippen LogP contribution in [0.2, 0.25) is 0 Å². The van der Waals surface area contributed by atoms with Gasteiger partial charge in [0.05, 0.1) is 5.56 Å². The van der Waals surface area contributed by atoms with Gasteiger partial charge < -0.3 is 5.32 Å². The second kappa shape index (κ2) is 6.99. The zero-order valence-corrected chi connectivity index (χ0v) is 13.6. The van der Waals surface area contributed by atoms with Crippen LogP contribution in [0.3, 0.4) is 0 Å². The Morgan fingerprint density at radius 3 is 2.52 bits per heavy atom. The minimum atomic E-state index is -4.39. The van der Waals surface area contributed by atoms with Crippen molar-refractivity contribution in [2.75, 3.05) is 13.3 Å². The minimum absolute atomic E-state index is 0.145. The number of halogens is 3. The molecule has 1 aromatic heterocycles. The molecule has 0 saturated carbocycles. The molecule has 2 aromatic rings. The third-order valence-corrected chi connectivity index (χ3v) is 5.52. The average molecular weight is 351 g/mol. The topological polar surface area (TPSA) is 37.8 Å². The number of alkyl halides is 3. The number of rotatable bonds is 5. The van der Waals surface area contributed by atoms with E-state index in [0.717, 1.165) is 16.1 Å². The summed E-state index contributed by atoms with van der Waals surface area (Å²) in [6.07, 6.45) is -2.54. The maximum Gasteiger partial charge on any atom is 0.417 e. The van der Waals surface area contributed by atoms with Crippen LogP contribution in [0.1, 0.15) is 11.1 Å². The van der Waals surface area contributed by atoms with E-state index in [-0.39, 0.29) is 4.90 Å². The molecule has 1 heterocycles. The van der Waals surface area contributed by atoms with E-state index < -0.39 is 11.7 Å². The molecule has 21 heavy (non-hydrogen) atoms. The fourth-order valence-electron chi connectivity index (χ4n) is 1.62. The molecule has 2 rings (SSSR count). The summed E-state index contributed by atoms with van der Waals surface area (Å²) in [5, 5.41) is 10.6. The van der Waals surface area contributed by atoms with Crippen molar-refractivity contribution in [2.45, 2.75) is 26.3 Å². The van der Waals surface area contributed by atoms with Crippen molar-refractivity contribution in [2.24, 2.45) is 0 Å². The van der Waals surface area contributed by atoms with Gasteiger partial charge in [0.15, 0.2) is 8.68 Å². The van der Waals surface area contributed by atoms with Gasteiger partial charge in [0.25, 0.3) is 0 Å². The maximum atomic E-state index is 13.2. The highest BCUT2D eigenvalue weighted by Crippen LogP contribution is 2.41. The maximum absolute atomic E-state index is 13.2. The van der Waals surface area contributed by atoms with Crippen LogP contribution in [-0.2, 0) is 12.7 Å². The number of aromatic nitrogens is 2. The van der Waals surface area contributed by atoms with Crippen LogP contribution >= 0.6 is 34.9 Å². The van der Waals surface area contributed by atoms with E-state index in [0.29, 0.717) is 16.4 Å². The smallest absolute Gasteiger partial charge is 0.316 e. The second-order valence-electron chi connectivity index (χ2n) is 4.00. The Morgan fingerprint density at radius 1 is 1.24 bits per heavy atom. The predicted octanol–water partition coefficient (Wildman–Crippen LogP) is 4.15. The molecule has 0 atom stereocenters. The molecule has 0 saturated heterocycles. The average Bonchev–Trinajstić information content (AvgIpc) is 2.87. The molecule has 9 heteroatoms. The molecular formula is C12H12F3N3S3. The Morgan fingerprint density at radius 2 is 1.95 bits per heavy atom. The van der Waals surface area contributed by atoms with Gasteiger partial charge >= 0.3 is 6.18 Å². The lowest BCUT2D eigenvalue weighted by molar-refractivity contribution is -0.139. The molecule has 0 bridgehead atoms. The van der Waals surface area contributed by atoms with E-state index in [2.05, 4.69) is 15.5 Å². The number of benzene rings is 1. The molecule has 0 aliphatic carbocycles. The third kappa shape index (κ3) is 4.35. The number of nitrogens with one attached hydrogen (secondary N) is 1. The van der Waals surface area contributed by atoms with Crippen molar-refractivity contribution in [1.82, 2.24) is 15.5 Å². The molecule has 0 amide bonds. The molecule has 0 radical (unpaired) electrons. The van der Waals surface area contributed by atoms with Crippen LogP contribution in [-0.4, -0.2) is 23.5 Å². The number of nitrogens with zero attached hydrogens (tertiary/aromatic N) is 2. The Kier molecular flexibility index (Phi) is 5.53. The van der Waals surface area contributed by atoms with E-state index in [1.807, 2.05) is 6.26 Å². The van der Waals surface area contributed by atoms with Gasteiger partial charge in [-0.05, 0) is 31.0 Å². The number of hydrogen-bond donors (Lipinski definition) is 1. The Labute approximate surface area is 132 Å². The largest absolute Gasteiger partial charge is 0.417 e. The van der Waals surface area contributed by atoms with Crippen molar-refractivity contribution in [3.63, 3.8) is 0 Å². The van der Waals surface area contributed by atoms with Crippen LogP contribution in [0.25, 0.3) is 0 Å². The molecule has 0 fully saturated rings. The molecule has 0 unspecified atom stereocenters. The molecule has 0 aliphatic heterocycles. The van der Waals surface area contributed by atoms with Crippen LogP contribution in [0.4, 0.5) is 13.2 Å². The van der Waals surface area contributed by atoms with Gasteiger partial charge in [-0.3, -0.25) is 0 Å². The molecule has 0 spiro atoms. The quantitative estimate of drug-likeness (QED) is 0.819. The second-order valence-corrected chi connectivity index (χ2v) is 7.32. The number of hydrogen-bond acceptors (Lipinski definition) is 6. The first-order valence-electron chi connectivity index (χ1n) is 5.84. The molecule has 0 aliphatic rings. The standard InChI is InChI=1S/C12H12F3N3S3/c1-16-6-7-3-4-9(8(5-7)12(13,14)15)20-11-18-17-10(19-2)21-11/h3-5,16H,6H2,1-2H3. The third-order valence-electron chi connectivity index (χ3n) is 2.49. The Hall–Kier alpha value is -0.770. The van der Waals surface area contributed by atoms with E-state index in [4.69, 9.17) is 0 Å². The highest BCUT2D eigenvalue weighted by Gasteiger charge is 2.34. The normalized spacial score (nSPS) is 11.9. The van der Waals surface area contributed by atoms with E-state index >= 15 is 0 Å². The van der Waals surface area contributed by atoms with Crippen LogP contribution in [0.5, 0.6) is 0 Å². The fourth-order valence-corrected chi connectivity index (χ4v) is 4.14. The predicted molar refractivity (Wildman–Crippen MR) is 80.0 cm³/mol. The molecule has 3 nitrogen and oxygen atoms in total. The van der Waals surface area contributed by atoms with Gasteiger partial charge in [-0.2, -0.15) is 13.2 Å². The zero-order valence-electron chi connectivity index (χ0n) is 11.2. The summed E-state index contributed by atoms with van der Waals surface area (Å²) in [6.45, 7) is 0.392. The summed E-state index contributed by atoms with van der Waals surface area (Å²) in [4.78, 5) is 0.145. The summed E-state index contributed by atoms with van der Waals surface area (Å²) < 4.78 is 40.8. The lowest BCUT2D eigenvalue weighted by Gasteiger charge is -2.13. The highest BCUT2D eigenvalue weighted by molar-refractivity contribution is 8.03. The lowest BCUT2D eigenvalue weighted by atomic mass is 10.1. The van der Waals surface area contributed by atoms with Crippen molar-refractivity contribution in [3.05, 3.63) is 29.3 Å². The molecule has 114 valence electrons. The summed E-state index contributed by atoms with van der Waals surface area (Å²) in [5.41, 5.74) is -0.0441. The number of thioether (sulfide) groups is 1. The van der Waals surface area contributed by atoms with Crippen molar-refractivity contribution in [1.29, 1.82) is 0 Å². The first kappa shape index (κ1) is 16.6. The van der Waals surface area contributed by atoms with E-state index in [1.54, 1.807) is 13.1 Å². The summed E-state index contributed by atoms with van der Waals surface area (Å²) >= 11 is 3.70. The van der Waals surface area contributed by atoms with Gasteiger partial charge in [0, 0.05) is 11.4 Å².